The topological polar surface area (TPSA) is 60.0 Å². The largest absolute Gasteiger partial charge is 0.493 e. The van der Waals surface area contributed by atoms with Crippen LogP contribution in [0.3, 0.4) is 0 Å². The Balaban J connectivity index is 1.99. The van der Waals surface area contributed by atoms with Gasteiger partial charge in [-0.25, -0.2) is 0 Å². The number of carbonyl (C=O) groups excluding carboxylic acids is 1. The highest BCUT2D eigenvalue weighted by molar-refractivity contribution is 5.76. The second kappa shape index (κ2) is 11.5. The number of carbonyl (C=O) groups is 1. The number of benzene rings is 2. The number of amides is 1. The third kappa shape index (κ3) is 5.89. The first-order valence-electron chi connectivity index (χ1n) is 10.2. The second-order valence-electron chi connectivity index (χ2n) is 7.37. The van der Waals surface area contributed by atoms with Gasteiger partial charge in [0.05, 0.1) is 27.4 Å². The van der Waals surface area contributed by atoms with Gasteiger partial charge in [-0.1, -0.05) is 37.3 Å². The van der Waals surface area contributed by atoms with Crippen LogP contribution in [0.2, 0.25) is 0 Å². The van der Waals surface area contributed by atoms with Crippen LogP contribution in [-0.4, -0.2) is 52.8 Å². The van der Waals surface area contributed by atoms with Crippen molar-refractivity contribution in [2.75, 3.05) is 42.0 Å². The van der Waals surface area contributed by atoms with E-state index in [-0.39, 0.29) is 11.9 Å². The molecule has 0 fully saturated rings. The van der Waals surface area contributed by atoms with Crippen LogP contribution in [0.1, 0.15) is 36.1 Å². The molecule has 164 valence electrons. The molecule has 0 aliphatic rings. The van der Waals surface area contributed by atoms with E-state index in [0.29, 0.717) is 36.6 Å². The number of aryl methyl sites for hydroxylation is 2. The number of hydrogen-bond acceptors (Lipinski definition) is 5. The van der Waals surface area contributed by atoms with Gasteiger partial charge in [-0.05, 0) is 49.7 Å². The second-order valence-corrected chi connectivity index (χ2v) is 7.37. The summed E-state index contributed by atoms with van der Waals surface area (Å²) in [6, 6.07) is 12.4. The van der Waals surface area contributed by atoms with Gasteiger partial charge in [-0.3, -0.25) is 4.79 Å². The van der Waals surface area contributed by atoms with Crippen molar-refractivity contribution in [3.8, 4) is 17.2 Å². The minimum absolute atomic E-state index is 0.00358. The number of likely N-dealkylation sites (N-methyl/N-ethyl adjacent to an activating group) is 1. The Morgan fingerprint density at radius 3 is 2.17 bits per heavy atom. The Bertz CT molecular complexity index is 819. The van der Waals surface area contributed by atoms with E-state index in [2.05, 4.69) is 41.4 Å². The lowest BCUT2D eigenvalue weighted by Crippen LogP contribution is -2.34. The summed E-state index contributed by atoms with van der Waals surface area (Å²) in [6.45, 7) is 2.70. The summed E-state index contributed by atoms with van der Waals surface area (Å²) in [7, 11) is 8.80. The normalized spacial score (nSPS) is 11.8. The Hall–Kier alpha value is -2.73. The van der Waals surface area contributed by atoms with Gasteiger partial charge in [0.2, 0.25) is 11.7 Å². The number of nitrogens with zero attached hydrogens (tertiary/aromatic N) is 1. The molecule has 0 heterocycles. The zero-order chi connectivity index (χ0) is 22.1. The summed E-state index contributed by atoms with van der Waals surface area (Å²) in [5.74, 6) is 1.75. The highest BCUT2D eigenvalue weighted by atomic mass is 16.5. The SMILES string of the molecule is CCc1ccc(C(CNC(=O)CCc2ccc(OC)c(OC)c2OC)N(C)C)cc1. The molecule has 30 heavy (non-hydrogen) atoms. The molecule has 0 radical (unpaired) electrons. The summed E-state index contributed by atoms with van der Waals surface area (Å²) in [5, 5.41) is 3.07. The van der Waals surface area contributed by atoms with Gasteiger partial charge < -0.3 is 24.4 Å². The first-order valence-corrected chi connectivity index (χ1v) is 10.2. The number of ether oxygens (including phenoxy) is 3. The number of rotatable bonds is 11. The van der Waals surface area contributed by atoms with Gasteiger partial charge in [0.15, 0.2) is 11.5 Å². The quantitative estimate of drug-likeness (QED) is 0.609. The Labute approximate surface area is 180 Å². The summed E-state index contributed by atoms with van der Waals surface area (Å²) < 4.78 is 16.2. The van der Waals surface area contributed by atoms with Crippen molar-refractivity contribution in [1.29, 1.82) is 0 Å². The minimum atomic E-state index is 0.00358. The zero-order valence-corrected chi connectivity index (χ0v) is 19.0. The number of hydrogen-bond donors (Lipinski definition) is 1. The van der Waals surface area contributed by atoms with Gasteiger partial charge in [-0.15, -0.1) is 0 Å². The van der Waals surface area contributed by atoms with Crippen LogP contribution in [0, 0.1) is 0 Å². The maximum atomic E-state index is 12.5. The molecule has 2 aromatic carbocycles. The maximum absolute atomic E-state index is 12.5. The van der Waals surface area contributed by atoms with Crippen molar-refractivity contribution in [2.24, 2.45) is 0 Å². The van der Waals surface area contributed by atoms with Crippen molar-refractivity contribution >= 4 is 5.91 Å². The maximum Gasteiger partial charge on any atom is 0.220 e. The predicted molar refractivity (Wildman–Crippen MR) is 120 cm³/mol. The predicted octanol–water partition coefficient (Wildman–Crippen LogP) is 3.63. The van der Waals surface area contributed by atoms with Gasteiger partial charge in [0.25, 0.3) is 0 Å². The molecule has 1 N–H and O–H groups in total. The smallest absolute Gasteiger partial charge is 0.220 e. The van der Waals surface area contributed by atoms with E-state index in [4.69, 9.17) is 14.2 Å². The van der Waals surface area contributed by atoms with Gasteiger partial charge >= 0.3 is 0 Å². The lowest BCUT2D eigenvalue weighted by molar-refractivity contribution is -0.121. The van der Waals surface area contributed by atoms with Crippen LogP contribution < -0.4 is 19.5 Å². The minimum Gasteiger partial charge on any atom is -0.493 e. The molecule has 0 aromatic heterocycles. The monoisotopic (exact) mass is 414 g/mol. The number of nitrogens with one attached hydrogen (secondary N) is 1. The summed E-state index contributed by atoms with van der Waals surface area (Å²) >= 11 is 0. The zero-order valence-electron chi connectivity index (χ0n) is 19.0. The molecule has 0 aliphatic heterocycles. The van der Waals surface area contributed by atoms with E-state index in [1.54, 1.807) is 21.3 Å². The molecule has 1 atom stereocenters. The Kier molecular flexibility index (Phi) is 8.99. The van der Waals surface area contributed by atoms with Crippen LogP contribution in [0.15, 0.2) is 36.4 Å². The van der Waals surface area contributed by atoms with Crippen LogP contribution in [0.25, 0.3) is 0 Å². The first-order chi connectivity index (χ1) is 14.4. The van der Waals surface area contributed by atoms with Crippen LogP contribution in [-0.2, 0) is 17.6 Å². The third-order valence-corrected chi connectivity index (χ3v) is 5.30. The van der Waals surface area contributed by atoms with E-state index >= 15 is 0 Å². The fourth-order valence-electron chi connectivity index (χ4n) is 3.48. The van der Waals surface area contributed by atoms with Crippen LogP contribution >= 0.6 is 0 Å². The van der Waals surface area contributed by atoms with E-state index < -0.39 is 0 Å². The molecule has 0 saturated carbocycles. The Morgan fingerprint density at radius 2 is 1.63 bits per heavy atom. The first kappa shape index (κ1) is 23.5. The summed E-state index contributed by atoms with van der Waals surface area (Å²) in [4.78, 5) is 14.6. The van der Waals surface area contributed by atoms with Gasteiger partial charge in [0, 0.05) is 13.0 Å². The molecule has 2 rings (SSSR count). The lowest BCUT2D eigenvalue weighted by atomic mass is 10.0. The molecular weight excluding hydrogens is 380 g/mol. The Morgan fingerprint density at radius 1 is 0.967 bits per heavy atom. The summed E-state index contributed by atoms with van der Waals surface area (Å²) in [5.41, 5.74) is 3.41. The molecule has 0 bridgehead atoms. The molecule has 1 unspecified atom stereocenters. The van der Waals surface area contributed by atoms with E-state index in [1.807, 2.05) is 26.2 Å². The van der Waals surface area contributed by atoms with Crippen molar-refractivity contribution < 1.29 is 19.0 Å². The fourth-order valence-corrected chi connectivity index (χ4v) is 3.48. The molecule has 1 amide bonds. The average molecular weight is 415 g/mol. The molecule has 0 aliphatic carbocycles. The highest BCUT2D eigenvalue weighted by Gasteiger charge is 2.18. The molecule has 6 heteroatoms. The van der Waals surface area contributed by atoms with E-state index in [1.165, 1.54) is 11.1 Å². The van der Waals surface area contributed by atoms with Crippen molar-refractivity contribution in [1.82, 2.24) is 10.2 Å². The van der Waals surface area contributed by atoms with Crippen LogP contribution in [0.4, 0.5) is 0 Å². The number of methoxy groups -OCH3 is 3. The van der Waals surface area contributed by atoms with Crippen LogP contribution in [0.5, 0.6) is 17.2 Å². The van der Waals surface area contributed by atoms with E-state index in [0.717, 1.165) is 12.0 Å². The van der Waals surface area contributed by atoms with Gasteiger partial charge in [-0.2, -0.15) is 0 Å². The van der Waals surface area contributed by atoms with Crippen molar-refractivity contribution in [3.05, 3.63) is 53.1 Å². The van der Waals surface area contributed by atoms with E-state index in [9.17, 15) is 4.79 Å². The standard InChI is InChI=1S/C24H34N2O4/c1-7-17-8-10-18(11-9-17)20(26(2)3)16-25-22(27)15-13-19-12-14-21(28-4)24(30-6)23(19)29-5/h8-12,14,20H,7,13,15-16H2,1-6H3,(H,25,27). The molecule has 2 aromatic rings. The van der Waals surface area contributed by atoms with Crippen molar-refractivity contribution in [3.63, 3.8) is 0 Å². The molecule has 6 nitrogen and oxygen atoms in total. The van der Waals surface area contributed by atoms with Gasteiger partial charge in [0.1, 0.15) is 0 Å². The van der Waals surface area contributed by atoms with Crippen molar-refractivity contribution in [2.45, 2.75) is 32.2 Å². The molecule has 0 spiro atoms. The lowest BCUT2D eigenvalue weighted by Gasteiger charge is -2.25. The molecular formula is C24H34N2O4. The summed E-state index contributed by atoms with van der Waals surface area (Å²) in [6.07, 6.45) is 1.93. The fraction of sp³-hybridized carbons (Fsp3) is 0.458. The third-order valence-electron chi connectivity index (χ3n) is 5.30. The highest BCUT2D eigenvalue weighted by Crippen LogP contribution is 2.40. The average Bonchev–Trinajstić information content (AvgIpc) is 2.77. The molecule has 0 saturated heterocycles.